The quantitative estimate of drug-likeness (QED) is 0.269. The molecule has 0 unspecified atom stereocenters. The average molecular weight is 437 g/mol. The highest BCUT2D eigenvalue weighted by Crippen LogP contribution is 2.51. The Balaban J connectivity index is 0.00000261. The number of rotatable bonds is 7. The Bertz CT molecular complexity index is 585. The van der Waals surface area contributed by atoms with Crippen LogP contribution in [0.1, 0.15) is 26.7 Å². The number of halogens is 1. The van der Waals surface area contributed by atoms with Crippen LogP contribution in [0.5, 0.6) is 0 Å². The fourth-order valence-corrected chi connectivity index (χ4v) is 6.48. The van der Waals surface area contributed by atoms with E-state index in [0.717, 1.165) is 44.1 Å². The van der Waals surface area contributed by atoms with E-state index in [-0.39, 0.29) is 23.7 Å². The number of carboxylic acids is 1. The van der Waals surface area contributed by atoms with Gasteiger partial charge in [-0.25, -0.2) is 4.79 Å². The zero-order valence-electron chi connectivity index (χ0n) is 15.7. The van der Waals surface area contributed by atoms with Crippen LogP contribution in [0.2, 0.25) is 0 Å². The monoisotopic (exact) mass is 436 g/mol. The second-order valence-corrected chi connectivity index (χ2v) is 10.6. The molecular weight excluding hydrogens is 408 g/mol. The SMILES string of the molecule is CC1(C)S[C@@H]2[C@H](N=CN3CCC(CSCCN)CC3)C(=O)N2[C@H]1C(=O)O.Cl. The second kappa shape index (κ2) is 9.24. The maximum Gasteiger partial charge on any atom is 0.327 e. The molecule has 3 aliphatic heterocycles. The number of thioether (sulfide) groups is 2. The first-order chi connectivity index (χ1) is 12.3. The number of carbonyl (C=O) groups is 2. The van der Waals surface area contributed by atoms with Gasteiger partial charge in [0.25, 0.3) is 5.91 Å². The summed E-state index contributed by atoms with van der Waals surface area (Å²) in [5.74, 6) is 1.83. The summed E-state index contributed by atoms with van der Waals surface area (Å²) in [6, 6.07) is -1.21. The smallest absolute Gasteiger partial charge is 0.327 e. The molecule has 3 rings (SSSR count). The molecule has 3 heterocycles. The number of aliphatic carboxylic acids is 1. The van der Waals surface area contributed by atoms with E-state index < -0.39 is 22.8 Å². The molecule has 154 valence electrons. The second-order valence-electron chi connectivity index (χ2n) is 7.65. The molecule has 0 radical (unpaired) electrons. The number of hydrogen-bond donors (Lipinski definition) is 2. The van der Waals surface area contributed by atoms with E-state index in [1.165, 1.54) is 10.7 Å². The fourth-order valence-electron chi connectivity index (χ4n) is 3.86. The summed E-state index contributed by atoms with van der Waals surface area (Å²) in [4.78, 5) is 32.1. The first-order valence-corrected chi connectivity index (χ1v) is 11.2. The molecule has 0 bridgehead atoms. The Morgan fingerprint density at radius 1 is 1.44 bits per heavy atom. The Morgan fingerprint density at radius 3 is 2.70 bits per heavy atom. The van der Waals surface area contributed by atoms with Gasteiger partial charge >= 0.3 is 5.97 Å². The van der Waals surface area contributed by atoms with Crippen LogP contribution in [0.4, 0.5) is 0 Å². The van der Waals surface area contributed by atoms with E-state index in [2.05, 4.69) is 9.89 Å². The zero-order valence-corrected chi connectivity index (χ0v) is 18.2. The van der Waals surface area contributed by atoms with Gasteiger partial charge in [-0.1, -0.05) is 0 Å². The Morgan fingerprint density at radius 2 is 2.11 bits per heavy atom. The van der Waals surface area contributed by atoms with Crippen molar-refractivity contribution >= 4 is 54.1 Å². The predicted molar refractivity (Wildman–Crippen MR) is 114 cm³/mol. The first kappa shape index (κ1) is 22.6. The number of β-lactam (4-membered cyclic amide) rings is 1. The molecule has 0 aromatic heterocycles. The van der Waals surface area contributed by atoms with E-state index >= 15 is 0 Å². The zero-order chi connectivity index (χ0) is 18.9. The van der Waals surface area contributed by atoms with Crippen LogP contribution in [-0.2, 0) is 9.59 Å². The maximum absolute atomic E-state index is 12.4. The molecule has 10 heteroatoms. The molecular formula is C17H29ClN4O3S2. The van der Waals surface area contributed by atoms with Crippen LogP contribution in [0, 0.1) is 5.92 Å². The molecule has 1 amide bonds. The summed E-state index contributed by atoms with van der Waals surface area (Å²) in [6.45, 7) is 6.43. The van der Waals surface area contributed by atoms with Gasteiger partial charge in [0.15, 0.2) is 6.04 Å². The van der Waals surface area contributed by atoms with Gasteiger partial charge in [-0.3, -0.25) is 9.79 Å². The largest absolute Gasteiger partial charge is 0.480 e. The third kappa shape index (κ3) is 4.68. The number of carboxylic acid groups (broad SMARTS) is 1. The van der Waals surface area contributed by atoms with Crippen molar-refractivity contribution in [2.45, 2.75) is 48.9 Å². The number of nitrogens with zero attached hydrogens (tertiary/aromatic N) is 3. The summed E-state index contributed by atoms with van der Waals surface area (Å²) >= 11 is 3.47. The average Bonchev–Trinajstić information content (AvgIpc) is 2.85. The van der Waals surface area contributed by atoms with Gasteiger partial charge in [0.2, 0.25) is 0 Å². The summed E-state index contributed by atoms with van der Waals surface area (Å²) in [5, 5.41) is 9.30. The number of hydrogen-bond acceptors (Lipinski definition) is 6. The highest BCUT2D eigenvalue weighted by Gasteiger charge is 2.63. The topological polar surface area (TPSA) is 99.2 Å². The Hall–Kier alpha value is -0.640. The van der Waals surface area contributed by atoms with E-state index in [9.17, 15) is 14.7 Å². The van der Waals surface area contributed by atoms with Crippen molar-refractivity contribution in [2.75, 3.05) is 31.1 Å². The maximum atomic E-state index is 12.4. The van der Waals surface area contributed by atoms with E-state index in [0.29, 0.717) is 0 Å². The fraction of sp³-hybridized carbons (Fsp3) is 0.824. The molecule has 3 fully saturated rings. The minimum atomic E-state index is -0.935. The number of carbonyl (C=O) groups excluding carboxylic acids is 1. The third-order valence-corrected chi connectivity index (χ3v) is 8.09. The van der Waals surface area contributed by atoms with Gasteiger partial charge in [-0.15, -0.1) is 24.2 Å². The van der Waals surface area contributed by atoms with Crippen molar-refractivity contribution in [1.29, 1.82) is 0 Å². The number of fused-ring (bicyclic) bond motifs is 1. The molecule has 3 saturated heterocycles. The molecule has 27 heavy (non-hydrogen) atoms. The lowest BCUT2D eigenvalue weighted by Gasteiger charge is -2.41. The van der Waals surface area contributed by atoms with Crippen LogP contribution >= 0.6 is 35.9 Å². The minimum Gasteiger partial charge on any atom is -0.480 e. The number of piperidine rings is 1. The summed E-state index contributed by atoms with van der Waals surface area (Å²) in [5.41, 5.74) is 5.53. The van der Waals surface area contributed by atoms with Crippen LogP contribution in [0.3, 0.4) is 0 Å². The van der Waals surface area contributed by atoms with Crippen molar-refractivity contribution in [3.05, 3.63) is 0 Å². The van der Waals surface area contributed by atoms with E-state index in [1.807, 2.05) is 31.9 Å². The lowest BCUT2D eigenvalue weighted by atomic mass is 9.96. The van der Waals surface area contributed by atoms with Crippen LogP contribution in [0.15, 0.2) is 4.99 Å². The molecule has 7 nitrogen and oxygen atoms in total. The Kier molecular flexibility index (Phi) is 7.75. The summed E-state index contributed by atoms with van der Waals surface area (Å²) in [6.07, 6.45) is 4.09. The highest BCUT2D eigenvalue weighted by atomic mass is 35.5. The normalized spacial score (nSPS) is 30.2. The third-order valence-electron chi connectivity index (χ3n) is 5.30. The Labute approximate surface area is 175 Å². The number of likely N-dealkylation sites (tertiary alicyclic amines) is 1. The highest BCUT2D eigenvalue weighted by molar-refractivity contribution is 8.01. The van der Waals surface area contributed by atoms with Crippen molar-refractivity contribution in [1.82, 2.24) is 9.80 Å². The predicted octanol–water partition coefficient (Wildman–Crippen LogP) is 1.36. The van der Waals surface area contributed by atoms with Crippen LogP contribution in [0.25, 0.3) is 0 Å². The molecule has 3 N–H and O–H groups in total. The van der Waals surface area contributed by atoms with Gasteiger partial charge in [0.05, 0.1) is 6.34 Å². The van der Waals surface area contributed by atoms with Gasteiger partial charge < -0.3 is 20.6 Å². The van der Waals surface area contributed by atoms with Crippen molar-refractivity contribution in [3.63, 3.8) is 0 Å². The molecule has 0 aromatic rings. The lowest BCUT2D eigenvalue weighted by Crippen LogP contribution is -2.65. The standard InChI is InChI=1S/C17H28N4O3S2.ClH/c1-17(2)13(16(23)24)21-14(22)12(15(21)26-17)19-10-20-6-3-11(4-7-20)9-25-8-5-18;/h10-13,15H,3-9,18H2,1-2H3,(H,23,24);1H/t12-,13+,15-;/m1./s1. The first-order valence-electron chi connectivity index (χ1n) is 9.13. The van der Waals surface area contributed by atoms with Crippen molar-refractivity contribution in [2.24, 2.45) is 16.6 Å². The molecule has 3 atom stereocenters. The minimum absolute atomic E-state index is 0. The summed E-state index contributed by atoms with van der Waals surface area (Å²) in [7, 11) is 0. The van der Waals surface area contributed by atoms with Crippen LogP contribution < -0.4 is 5.73 Å². The molecule has 0 aromatic carbocycles. The molecule has 3 aliphatic rings. The van der Waals surface area contributed by atoms with Gasteiger partial charge in [-0.05, 0) is 38.4 Å². The van der Waals surface area contributed by atoms with Crippen LogP contribution in [-0.4, -0.2) is 86.5 Å². The van der Waals surface area contributed by atoms with Gasteiger partial charge in [0, 0.05) is 30.1 Å². The van der Waals surface area contributed by atoms with Crippen molar-refractivity contribution < 1.29 is 14.7 Å². The number of aliphatic imine (C=N–C) groups is 1. The summed E-state index contributed by atoms with van der Waals surface area (Å²) < 4.78 is -0.490. The van der Waals surface area contributed by atoms with E-state index in [1.54, 1.807) is 11.8 Å². The van der Waals surface area contributed by atoms with Gasteiger partial charge in [0.1, 0.15) is 11.4 Å². The number of nitrogens with two attached hydrogens (primary N) is 1. The van der Waals surface area contributed by atoms with E-state index in [4.69, 9.17) is 5.73 Å². The molecule has 0 spiro atoms. The lowest BCUT2D eigenvalue weighted by molar-refractivity contribution is -0.158. The molecule has 0 aliphatic carbocycles. The molecule has 0 saturated carbocycles. The van der Waals surface area contributed by atoms with Gasteiger partial charge in [-0.2, -0.15) is 11.8 Å². The number of amides is 1. The van der Waals surface area contributed by atoms with Crippen molar-refractivity contribution in [3.8, 4) is 0 Å².